The number of ether oxygens (including phenoxy) is 1. The van der Waals surface area contributed by atoms with Crippen LogP contribution in [-0.4, -0.2) is 50.8 Å². The average Bonchev–Trinajstić information content (AvgIpc) is 2.90. The fraction of sp³-hybridized carbons (Fsp3) is 0.571. The predicted octanol–water partition coefficient (Wildman–Crippen LogP) is -0.719. The van der Waals surface area contributed by atoms with Crippen LogP contribution in [0.15, 0.2) is 9.59 Å². The van der Waals surface area contributed by atoms with Crippen LogP contribution in [0.5, 0.6) is 0 Å². The van der Waals surface area contributed by atoms with E-state index >= 15 is 0 Å². The number of rotatable bonds is 3. The highest BCUT2D eigenvalue weighted by atomic mass is 35.5. The van der Waals surface area contributed by atoms with Gasteiger partial charge in [0.05, 0.1) is 19.8 Å². The molecule has 0 bridgehead atoms. The summed E-state index contributed by atoms with van der Waals surface area (Å²) in [5, 5.41) is 0. The Morgan fingerprint density at radius 1 is 1.17 bits per heavy atom. The van der Waals surface area contributed by atoms with Crippen molar-refractivity contribution in [3.05, 3.63) is 20.8 Å². The van der Waals surface area contributed by atoms with Crippen molar-refractivity contribution in [3.8, 4) is 0 Å². The molecule has 10 heteroatoms. The van der Waals surface area contributed by atoms with Crippen LogP contribution in [0.1, 0.15) is 6.92 Å². The third-order valence-corrected chi connectivity index (χ3v) is 4.00. The fourth-order valence-corrected chi connectivity index (χ4v) is 2.81. The Morgan fingerprint density at radius 2 is 1.79 bits per heavy atom. The van der Waals surface area contributed by atoms with Crippen LogP contribution in [0.25, 0.3) is 11.2 Å². The van der Waals surface area contributed by atoms with E-state index in [0.717, 1.165) is 4.57 Å². The minimum Gasteiger partial charge on any atom is -0.378 e. The first-order valence-electron chi connectivity index (χ1n) is 7.40. The number of imidazole rings is 1. The van der Waals surface area contributed by atoms with Crippen LogP contribution in [0.2, 0.25) is 0 Å². The quantitative estimate of drug-likeness (QED) is 0.720. The molecule has 0 aromatic carbocycles. The van der Waals surface area contributed by atoms with E-state index in [9.17, 15) is 14.4 Å². The van der Waals surface area contributed by atoms with Gasteiger partial charge in [-0.15, -0.1) is 12.4 Å². The Morgan fingerprint density at radius 3 is 2.38 bits per heavy atom. The Hall–Kier alpha value is -2.13. The Labute approximate surface area is 143 Å². The number of carbonyl (C=O) groups excluding carboxylic acids is 1. The summed E-state index contributed by atoms with van der Waals surface area (Å²) >= 11 is 0. The van der Waals surface area contributed by atoms with Gasteiger partial charge < -0.3 is 9.64 Å². The summed E-state index contributed by atoms with van der Waals surface area (Å²) in [5.74, 6) is 0.437. The third kappa shape index (κ3) is 2.84. The molecule has 0 atom stereocenters. The zero-order chi connectivity index (χ0) is 16.7. The lowest BCUT2D eigenvalue weighted by Gasteiger charge is -2.28. The maximum atomic E-state index is 12.5. The molecule has 0 aliphatic carbocycles. The number of aryl methyl sites for hydroxylation is 1. The van der Waals surface area contributed by atoms with Crippen molar-refractivity contribution in [1.82, 2.24) is 18.7 Å². The molecule has 3 rings (SSSR count). The average molecular weight is 358 g/mol. The van der Waals surface area contributed by atoms with E-state index in [0.29, 0.717) is 37.9 Å². The second-order valence-corrected chi connectivity index (χ2v) is 5.68. The van der Waals surface area contributed by atoms with Crippen molar-refractivity contribution in [2.24, 2.45) is 14.1 Å². The Kier molecular flexibility index (Phi) is 5.14. The molecule has 24 heavy (non-hydrogen) atoms. The number of Topliss-reactive ketones (excluding diaryl/α,β-unsaturated/α-hetero) is 1. The van der Waals surface area contributed by atoms with E-state index < -0.39 is 11.2 Å². The summed E-state index contributed by atoms with van der Waals surface area (Å²) < 4.78 is 9.30. The normalized spacial score (nSPS) is 14.7. The van der Waals surface area contributed by atoms with Gasteiger partial charge in [-0.3, -0.25) is 23.3 Å². The summed E-state index contributed by atoms with van der Waals surface area (Å²) in [4.78, 5) is 42.8. The van der Waals surface area contributed by atoms with Crippen LogP contribution < -0.4 is 16.1 Å². The first kappa shape index (κ1) is 18.2. The van der Waals surface area contributed by atoms with Crippen molar-refractivity contribution in [2.45, 2.75) is 13.5 Å². The number of anilines is 1. The third-order valence-electron chi connectivity index (χ3n) is 4.00. The van der Waals surface area contributed by atoms with Gasteiger partial charge in [-0.05, 0) is 6.92 Å². The van der Waals surface area contributed by atoms with Crippen LogP contribution in [-0.2, 0) is 30.2 Å². The predicted molar refractivity (Wildman–Crippen MR) is 91.2 cm³/mol. The second kappa shape index (κ2) is 6.78. The molecule has 1 saturated heterocycles. The van der Waals surface area contributed by atoms with Gasteiger partial charge in [0.2, 0.25) is 5.95 Å². The number of aromatic nitrogens is 4. The summed E-state index contributed by atoms with van der Waals surface area (Å²) in [5.41, 5.74) is -0.327. The molecular formula is C14H20ClN5O4. The molecule has 0 radical (unpaired) electrons. The van der Waals surface area contributed by atoms with Crippen LogP contribution in [0.3, 0.4) is 0 Å². The molecular weight excluding hydrogens is 338 g/mol. The number of halogens is 1. The summed E-state index contributed by atoms with van der Waals surface area (Å²) in [6.07, 6.45) is 0. The van der Waals surface area contributed by atoms with E-state index in [1.807, 2.05) is 4.90 Å². The smallest absolute Gasteiger partial charge is 0.332 e. The van der Waals surface area contributed by atoms with E-state index in [2.05, 4.69) is 4.98 Å². The van der Waals surface area contributed by atoms with Crippen molar-refractivity contribution in [2.75, 3.05) is 31.2 Å². The number of hydrogen-bond acceptors (Lipinski definition) is 6. The van der Waals surface area contributed by atoms with E-state index in [-0.39, 0.29) is 30.3 Å². The summed E-state index contributed by atoms with van der Waals surface area (Å²) in [6.45, 7) is 3.85. The van der Waals surface area contributed by atoms with Gasteiger partial charge in [-0.1, -0.05) is 0 Å². The first-order valence-corrected chi connectivity index (χ1v) is 7.40. The first-order chi connectivity index (χ1) is 10.9. The van der Waals surface area contributed by atoms with Crippen molar-refractivity contribution >= 4 is 35.3 Å². The molecule has 9 nitrogen and oxygen atoms in total. The van der Waals surface area contributed by atoms with Gasteiger partial charge in [0.15, 0.2) is 11.2 Å². The highest BCUT2D eigenvalue weighted by molar-refractivity contribution is 5.85. The van der Waals surface area contributed by atoms with E-state index in [1.165, 1.54) is 18.5 Å². The van der Waals surface area contributed by atoms with Gasteiger partial charge in [0.1, 0.15) is 5.78 Å². The minimum absolute atomic E-state index is 0. The van der Waals surface area contributed by atoms with Gasteiger partial charge in [0, 0.05) is 27.2 Å². The SMILES string of the molecule is CC(=O)Cn1c(N2CCOCC2)nc2c1c(=O)n(C)c(=O)n2C.Cl. The van der Waals surface area contributed by atoms with Crippen LogP contribution in [0, 0.1) is 0 Å². The molecule has 2 aromatic rings. The molecule has 2 aromatic heterocycles. The molecule has 0 unspecified atom stereocenters. The largest absolute Gasteiger partial charge is 0.378 e. The molecule has 1 aliphatic rings. The van der Waals surface area contributed by atoms with Gasteiger partial charge in [-0.2, -0.15) is 4.98 Å². The number of ketones is 1. The zero-order valence-electron chi connectivity index (χ0n) is 13.8. The van der Waals surface area contributed by atoms with E-state index in [4.69, 9.17) is 4.74 Å². The topological polar surface area (TPSA) is 91.4 Å². The lowest BCUT2D eigenvalue weighted by atomic mass is 10.4. The highest BCUT2D eigenvalue weighted by Crippen LogP contribution is 2.20. The van der Waals surface area contributed by atoms with Crippen molar-refractivity contribution < 1.29 is 9.53 Å². The number of fused-ring (bicyclic) bond motifs is 1. The van der Waals surface area contributed by atoms with Crippen molar-refractivity contribution in [3.63, 3.8) is 0 Å². The fourth-order valence-electron chi connectivity index (χ4n) is 2.81. The molecule has 0 amide bonds. The van der Waals surface area contributed by atoms with Gasteiger partial charge in [-0.25, -0.2) is 4.79 Å². The molecule has 132 valence electrons. The van der Waals surface area contributed by atoms with Crippen LogP contribution >= 0.6 is 12.4 Å². The number of morpholine rings is 1. The molecule has 3 heterocycles. The summed E-state index contributed by atoms with van der Waals surface area (Å²) in [7, 11) is 2.99. The lowest BCUT2D eigenvalue weighted by Crippen LogP contribution is -2.39. The van der Waals surface area contributed by atoms with Crippen LogP contribution in [0.4, 0.5) is 5.95 Å². The summed E-state index contributed by atoms with van der Waals surface area (Å²) in [6, 6.07) is 0. The minimum atomic E-state index is -0.448. The molecule has 0 spiro atoms. The van der Waals surface area contributed by atoms with Gasteiger partial charge >= 0.3 is 5.69 Å². The molecule has 0 N–H and O–H groups in total. The second-order valence-electron chi connectivity index (χ2n) is 5.68. The van der Waals surface area contributed by atoms with E-state index in [1.54, 1.807) is 11.6 Å². The monoisotopic (exact) mass is 357 g/mol. The highest BCUT2D eigenvalue weighted by Gasteiger charge is 2.24. The van der Waals surface area contributed by atoms with Crippen molar-refractivity contribution in [1.29, 1.82) is 0 Å². The van der Waals surface area contributed by atoms with Gasteiger partial charge in [0.25, 0.3) is 5.56 Å². The maximum Gasteiger partial charge on any atom is 0.332 e. The number of hydrogen-bond donors (Lipinski definition) is 0. The standard InChI is InChI=1S/C14H19N5O4.ClH/c1-9(20)8-19-10-11(16(2)14(22)17(3)12(10)21)15-13(19)18-4-6-23-7-5-18;/h4-8H2,1-3H3;1H. The molecule has 1 aliphatic heterocycles. The number of nitrogens with zero attached hydrogens (tertiary/aromatic N) is 5. The lowest BCUT2D eigenvalue weighted by molar-refractivity contribution is -0.117. The molecule has 0 saturated carbocycles. The number of carbonyl (C=O) groups is 1. The molecule has 1 fully saturated rings. The zero-order valence-corrected chi connectivity index (χ0v) is 14.6. The maximum absolute atomic E-state index is 12.5. The Balaban J connectivity index is 0.00000208. The Bertz CT molecular complexity index is 891.